The summed E-state index contributed by atoms with van der Waals surface area (Å²) >= 11 is 0. The maximum Gasteiger partial charge on any atom is 0.509 e. The highest BCUT2D eigenvalue weighted by molar-refractivity contribution is 5.74. The molecule has 4 bridgehead atoms. The van der Waals surface area contributed by atoms with Gasteiger partial charge in [-0.05, 0) is 106 Å². The van der Waals surface area contributed by atoms with E-state index in [1.807, 2.05) is 69.2 Å². The monoisotopic (exact) mass is 1300 g/mol. The van der Waals surface area contributed by atoms with Crippen molar-refractivity contribution in [1.82, 2.24) is 9.80 Å². The molecule has 10 saturated heterocycles. The van der Waals surface area contributed by atoms with Crippen LogP contribution in [0.25, 0.3) is 0 Å². The highest BCUT2D eigenvalue weighted by atomic mass is 16.8. The largest absolute Gasteiger partial charge is 0.509 e. The number of carbonyl (C=O) groups excluding carboxylic acids is 5. The highest BCUT2D eigenvalue weighted by Crippen LogP contribution is 2.52. The minimum atomic E-state index is -1.26. The van der Waals surface area contributed by atoms with Gasteiger partial charge in [0.15, 0.2) is 29.9 Å². The fourth-order valence-corrected chi connectivity index (χ4v) is 17.5. The molecule has 30 atom stereocenters. The first-order valence-electron chi connectivity index (χ1n) is 33.8. The van der Waals surface area contributed by atoms with Crippen molar-refractivity contribution in [3.05, 3.63) is 0 Å². The normalized spacial score (nSPS) is 49.5. The number of fused-ring (bicyclic) bond motifs is 4. The SMILES string of the molecule is CC[C@H]1OC(=O)O[C@@]1(C)[C@@H]1OC(=O)[C@H](C)[C@@H](O)[C@H](C)[C@@H](O[C@@H]2OC(C)CC(N3CCOCC3)C2O)[C@]2(C)CC(C)C(O2)[C@@H]1C.CC[C@H]1OC(=O)O[C@@]1(C)[C@@H]1OC(=O)[C@H](C)[C@@H](O)[C@H](C)[C@@H](O[C@@H]2OC(C)CC(N3CCOCC3)C2OC(C)=O)[C@]2(C)CC(C)C(O2)[C@@H]1C. The van der Waals surface area contributed by atoms with Crippen LogP contribution >= 0.6 is 0 Å². The van der Waals surface area contributed by atoms with E-state index < -0.39 is 174 Å². The molecule has 10 aliphatic rings. The van der Waals surface area contributed by atoms with Gasteiger partial charge in [-0.1, -0.05) is 55.4 Å². The summed E-state index contributed by atoms with van der Waals surface area (Å²) in [6.07, 6.45) is -9.91. The molecular weight excluding hydrogens is 1190 g/mol. The molecule has 0 radical (unpaired) electrons. The molecule has 25 nitrogen and oxygen atoms in total. The Morgan fingerprint density at radius 2 is 0.923 bits per heavy atom. The van der Waals surface area contributed by atoms with Crippen LogP contribution in [0.2, 0.25) is 0 Å². The first-order valence-corrected chi connectivity index (χ1v) is 33.8. The van der Waals surface area contributed by atoms with Crippen molar-refractivity contribution >= 4 is 30.2 Å². The van der Waals surface area contributed by atoms with Gasteiger partial charge < -0.3 is 86.4 Å². The molecule has 25 heteroatoms. The van der Waals surface area contributed by atoms with E-state index in [1.54, 1.807) is 27.7 Å². The quantitative estimate of drug-likeness (QED) is 0.161. The number of hydrogen-bond acceptors (Lipinski definition) is 25. The lowest BCUT2D eigenvalue weighted by Crippen LogP contribution is -2.62. The van der Waals surface area contributed by atoms with Gasteiger partial charge in [0.2, 0.25) is 0 Å². The van der Waals surface area contributed by atoms with Crippen LogP contribution in [0.1, 0.15) is 156 Å². The standard InChI is InChI=1S/C34H55NO12.C32H53NO11/c1-10-24-34(9,47-32(39)43-24)29-21(6)26-17(2)16-33(8,46-26)28(19(4)25(37)20(5)30(38)44-29)45-31-27(42-22(7)36)23(15-18(3)41-31)35-11-13-40-14-12-35;1-9-22-32(8,44-30(37)40-22)27-20(6)25-16(2)15-31(7,43-25)26(18(4)23(34)19(5)28(36)41-27)42-29-24(35)21(14-17(3)39-29)33-10-12-38-13-11-33/h17-21,23-29,31,37H,10-16H2,1-9H3;16-27,29,34-35H,9-15H2,1-8H3/t17?,18?,19-,20+,21-,23?,24+,25-,26?,27?,28+,29+,31-,33-,34+;16?,17?,18-,19+,20-,21?,22+,23-,24?,25?,26+,27+,29-,31-,32+/m00/s1. The summed E-state index contributed by atoms with van der Waals surface area (Å²) in [6.45, 7) is 36.6. The second-order valence-corrected chi connectivity index (χ2v) is 29.2. The Morgan fingerprint density at radius 1 is 0.538 bits per heavy atom. The van der Waals surface area contributed by atoms with Crippen molar-refractivity contribution < 1.29 is 110 Å². The molecular formula is C66H108N2O23. The number of hydrogen-bond donors (Lipinski definition) is 3. The number of cyclic esters (lactones) is 6. The Morgan fingerprint density at radius 3 is 1.33 bits per heavy atom. The molecule has 10 fully saturated rings. The number of esters is 3. The number of carbonyl (C=O) groups is 5. The van der Waals surface area contributed by atoms with Gasteiger partial charge in [-0.3, -0.25) is 24.2 Å². The number of ether oxygens (including phenoxy) is 15. The van der Waals surface area contributed by atoms with Crippen molar-refractivity contribution in [2.75, 3.05) is 52.6 Å². The van der Waals surface area contributed by atoms with E-state index >= 15 is 0 Å². The predicted octanol–water partition coefficient (Wildman–Crippen LogP) is 5.87. The number of aliphatic hydroxyl groups is 3. The van der Waals surface area contributed by atoms with E-state index in [0.29, 0.717) is 78.0 Å². The topological polar surface area (TPSA) is 291 Å². The lowest BCUT2D eigenvalue weighted by atomic mass is 9.76. The number of nitrogens with zero attached hydrogens (tertiary/aromatic N) is 2. The maximum atomic E-state index is 13.8. The van der Waals surface area contributed by atoms with Gasteiger partial charge in [0.1, 0.15) is 30.5 Å². The molecule has 0 aromatic heterocycles. The lowest BCUT2D eigenvalue weighted by Gasteiger charge is -2.48. The summed E-state index contributed by atoms with van der Waals surface area (Å²) in [4.78, 5) is 69.1. The van der Waals surface area contributed by atoms with Gasteiger partial charge in [0.25, 0.3) is 0 Å². The van der Waals surface area contributed by atoms with Crippen molar-refractivity contribution in [1.29, 1.82) is 0 Å². The van der Waals surface area contributed by atoms with Crippen LogP contribution in [0.3, 0.4) is 0 Å². The van der Waals surface area contributed by atoms with Gasteiger partial charge in [0.05, 0.1) is 104 Å². The summed E-state index contributed by atoms with van der Waals surface area (Å²) in [5, 5.41) is 35.0. The molecule has 0 spiro atoms. The van der Waals surface area contributed by atoms with Crippen LogP contribution in [0.5, 0.6) is 0 Å². The molecule has 10 heterocycles. The van der Waals surface area contributed by atoms with Crippen molar-refractivity contribution in [3.63, 3.8) is 0 Å². The smallest absolute Gasteiger partial charge is 0.457 e. The first-order chi connectivity index (χ1) is 42.8. The van der Waals surface area contributed by atoms with Crippen LogP contribution in [0.15, 0.2) is 0 Å². The van der Waals surface area contributed by atoms with Gasteiger partial charge >= 0.3 is 30.2 Å². The zero-order valence-electron chi connectivity index (χ0n) is 56.8. The minimum Gasteiger partial charge on any atom is -0.457 e. The average molecular weight is 1300 g/mol. The fourth-order valence-electron chi connectivity index (χ4n) is 17.5. The Hall–Kier alpha value is -3.57. The third-order valence-corrected chi connectivity index (χ3v) is 22.2. The summed E-state index contributed by atoms with van der Waals surface area (Å²) < 4.78 is 92.0. The summed E-state index contributed by atoms with van der Waals surface area (Å²) in [7, 11) is 0. The highest BCUT2D eigenvalue weighted by Gasteiger charge is 2.64. The van der Waals surface area contributed by atoms with E-state index in [-0.39, 0.29) is 36.1 Å². The molecule has 10 unspecified atom stereocenters. The number of aliphatic hydroxyl groups excluding tert-OH is 3. The molecule has 10 aliphatic heterocycles. The van der Waals surface area contributed by atoms with E-state index in [2.05, 4.69) is 23.6 Å². The van der Waals surface area contributed by atoms with E-state index in [0.717, 1.165) is 13.1 Å². The lowest BCUT2D eigenvalue weighted by molar-refractivity contribution is -0.305. The summed E-state index contributed by atoms with van der Waals surface area (Å²) in [5.41, 5.74) is -4.35. The van der Waals surface area contributed by atoms with Crippen LogP contribution in [-0.4, -0.2) is 240 Å². The minimum absolute atomic E-state index is 0.00224. The molecule has 0 aromatic rings. The molecule has 0 aromatic carbocycles. The van der Waals surface area contributed by atoms with Crippen LogP contribution < -0.4 is 0 Å². The summed E-state index contributed by atoms with van der Waals surface area (Å²) in [6, 6.07) is -0.334. The third kappa shape index (κ3) is 14.5. The van der Waals surface area contributed by atoms with Crippen molar-refractivity contribution in [3.8, 4) is 0 Å². The van der Waals surface area contributed by atoms with Crippen LogP contribution in [-0.2, 0) is 85.4 Å². The fraction of sp³-hybridized carbons (Fsp3) is 0.924. The summed E-state index contributed by atoms with van der Waals surface area (Å²) in [5.74, 6) is -5.63. The Kier molecular flexibility index (Phi) is 22.6. The molecule has 10 rings (SSSR count). The number of morpholine rings is 2. The second kappa shape index (κ2) is 28.6. The zero-order valence-corrected chi connectivity index (χ0v) is 56.8. The predicted molar refractivity (Wildman–Crippen MR) is 323 cm³/mol. The van der Waals surface area contributed by atoms with Gasteiger partial charge in [-0.2, -0.15) is 0 Å². The van der Waals surface area contributed by atoms with E-state index in [1.165, 1.54) is 6.92 Å². The van der Waals surface area contributed by atoms with Crippen molar-refractivity contribution in [2.24, 2.45) is 47.3 Å². The van der Waals surface area contributed by atoms with E-state index in [9.17, 15) is 39.3 Å². The van der Waals surface area contributed by atoms with Crippen LogP contribution in [0, 0.1) is 47.3 Å². The van der Waals surface area contributed by atoms with Gasteiger partial charge in [-0.15, -0.1) is 0 Å². The first kappa shape index (κ1) is 71.7. The van der Waals surface area contributed by atoms with E-state index in [4.69, 9.17) is 71.1 Å². The van der Waals surface area contributed by atoms with Gasteiger partial charge in [0, 0.05) is 62.8 Å². The Bertz CT molecular complexity index is 2520. The van der Waals surface area contributed by atoms with Crippen LogP contribution in [0.4, 0.5) is 9.59 Å². The average Bonchev–Trinajstić information content (AvgIpc) is 1.64. The Balaban J connectivity index is 0.000000216. The number of rotatable bonds is 11. The molecule has 0 aliphatic carbocycles. The van der Waals surface area contributed by atoms with Gasteiger partial charge in [-0.25, -0.2) is 9.59 Å². The maximum absolute atomic E-state index is 13.8. The zero-order chi connectivity index (χ0) is 66.6. The van der Waals surface area contributed by atoms with Crippen molar-refractivity contribution in [2.45, 2.75) is 289 Å². The molecule has 520 valence electrons. The molecule has 3 N–H and O–H groups in total. The Labute approximate surface area is 537 Å². The molecule has 0 saturated carbocycles. The molecule has 0 amide bonds. The molecule has 91 heavy (non-hydrogen) atoms. The third-order valence-electron chi connectivity index (χ3n) is 22.2. The second-order valence-electron chi connectivity index (χ2n) is 29.2.